The molecular weight excluding hydrogens is 408 g/mol. The van der Waals surface area contributed by atoms with E-state index in [1.807, 2.05) is 18.2 Å². The first-order chi connectivity index (χ1) is 9.06. The van der Waals surface area contributed by atoms with E-state index in [4.69, 9.17) is 18.0 Å². The van der Waals surface area contributed by atoms with Gasteiger partial charge >= 0.3 is 0 Å². The van der Waals surface area contributed by atoms with E-state index in [1.165, 1.54) is 4.88 Å². The Morgan fingerprint density at radius 3 is 2.68 bits per heavy atom. The molecule has 0 radical (unpaired) electrons. The summed E-state index contributed by atoms with van der Waals surface area (Å²) in [6.45, 7) is 0.851. The van der Waals surface area contributed by atoms with Crippen LogP contribution in [0.2, 0.25) is 0 Å². The Labute approximate surface area is 138 Å². The molecule has 0 aliphatic carbocycles. The second kappa shape index (κ2) is 6.83. The van der Waals surface area contributed by atoms with E-state index in [-0.39, 0.29) is 0 Å². The second-order valence-electron chi connectivity index (χ2n) is 3.94. The quantitative estimate of drug-likeness (QED) is 0.697. The molecule has 0 spiro atoms. The zero-order valence-corrected chi connectivity index (χ0v) is 14.8. The first-order valence-electron chi connectivity index (χ1n) is 5.63. The van der Waals surface area contributed by atoms with Crippen molar-refractivity contribution in [2.45, 2.75) is 6.42 Å². The second-order valence-corrected chi connectivity index (χ2v) is 7.84. The number of nitrogens with two attached hydrogens (primary N) is 1. The Morgan fingerprint density at radius 2 is 2.05 bits per heavy atom. The van der Waals surface area contributed by atoms with Crippen LogP contribution in [0.3, 0.4) is 0 Å². The van der Waals surface area contributed by atoms with Gasteiger partial charge in [0.2, 0.25) is 0 Å². The molecule has 0 atom stereocenters. The minimum absolute atomic E-state index is 0.405. The molecule has 2 aromatic rings. The largest absolute Gasteiger partial charge is 0.389 e. The summed E-state index contributed by atoms with van der Waals surface area (Å²) >= 11 is 13.7. The number of hydrogen-bond donors (Lipinski definition) is 2. The average Bonchev–Trinajstić information content (AvgIpc) is 2.77. The lowest BCUT2D eigenvalue weighted by atomic mass is 10.1. The molecule has 2 rings (SSSR count). The molecule has 0 aliphatic rings. The van der Waals surface area contributed by atoms with Crippen molar-refractivity contribution < 1.29 is 0 Å². The summed E-state index contributed by atoms with van der Waals surface area (Å²) < 4.78 is 2.14. The van der Waals surface area contributed by atoms with Crippen LogP contribution in [0.25, 0.3) is 0 Å². The third kappa shape index (κ3) is 4.27. The van der Waals surface area contributed by atoms with Gasteiger partial charge in [-0.2, -0.15) is 0 Å². The van der Waals surface area contributed by atoms with Gasteiger partial charge in [-0.3, -0.25) is 0 Å². The summed E-state index contributed by atoms with van der Waals surface area (Å²) in [5.74, 6) is 0. The average molecular weight is 420 g/mol. The van der Waals surface area contributed by atoms with Gasteiger partial charge in [0.05, 0.1) is 3.79 Å². The molecule has 19 heavy (non-hydrogen) atoms. The molecule has 0 fully saturated rings. The molecule has 0 unspecified atom stereocenters. The van der Waals surface area contributed by atoms with Crippen LogP contribution in [0.15, 0.2) is 38.6 Å². The smallest absolute Gasteiger partial charge is 0.106 e. The zero-order valence-electron chi connectivity index (χ0n) is 9.95. The first-order valence-corrected chi connectivity index (χ1v) is 8.45. The van der Waals surface area contributed by atoms with E-state index >= 15 is 0 Å². The lowest BCUT2D eigenvalue weighted by molar-refractivity contribution is 1.04. The maximum Gasteiger partial charge on any atom is 0.106 e. The summed E-state index contributed by atoms with van der Waals surface area (Å²) in [6, 6.07) is 10.1. The minimum atomic E-state index is 0.405. The minimum Gasteiger partial charge on any atom is -0.389 e. The Balaban J connectivity index is 2.01. The highest BCUT2D eigenvalue weighted by atomic mass is 79.9. The molecule has 2 nitrogen and oxygen atoms in total. The van der Waals surface area contributed by atoms with Gasteiger partial charge in [0.25, 0.3) is 0 Å². The van der Waals surface area contributed by atoms with Crippen molar-refractivity contribution in [3.63, 3.8) is 0 Å². The maximum atomic E-state index is 5.74. The van der Waals surface area contributed by atoms with Crippen molar-refractivity contribution in [2.75, 3.05) is 11.9 Å². The number of thiocarbonyl (C=S) groups is 1. The van der Waals surface area contributed by atoms with Crippen LogP contribution in [0.5, 0.6) is 0 Å². The van der Waals surface area contributed by atoms with Gasteiger partial charge in [-0.25, -0.2) is 0 Å². The van der Waals surface area contributed by atoms with E-state index in [0.29, 0.717) is 4.99 Å². The van der Waals surface area contributed by atoms with Gasteiger partial charge < -0.3 is 11.1 Å². The molecular formula is C13H12Br2N2S2. The number of nitrogens with one attached hydrogen (secondary N) is 1. The maximum absolute atomic E-state index is 5.74. The summed E-state index contributed by atoms with van der Waals surface area (Å²) in [5, 5.41) is 3.38. The van der Waals surface area contributed by atoms with Crippen molar-refractivity contribution >= 4 is 66.1 Å². The van der Waals surface area contributed by atoms with Crippen LogP contribution >= 0.6 is 55.4 Å². The van der Waals surface area contributed by atoms with E-state index in [1.54, 1.807) is 11.3 Å². The third-order valence-corrected chi connectivity index (χ3v) is 4.96. The molecule has 1 heterocycles. The standard InChI is InChI=1S/C13H12Br2N2S2/c14-8-1-3-11(10(7-8)13(16)18)17-6-5-9-2-4-12(15)19-9/h1-4,7,17H,5-6H2,(H2,16,18). The fourth-order valence-corrected chi connectivity index (χ4v) is 3.69. The van der Waals surface area contributed by atoms with E-state index < -0.39 is 0 Å². The Kier molecular flexibility index (Phi) is 5.38. The van der Waals surface area contributed by atoms with E-state index in [2.05, 4.69) is 49.3 Å². The van der Waals surface area contributed by atoms with Crippen LogP contribution in [0, 0.1) is 0 Å². The molecule has 0 saturated carbocycles. The molecule has 0 amide bonds. The van der Waals surface area contributed by atoms with Crippen LogP contribution in [-0.4, -0.2) is 11.5 Å². The SMILES string of the molecule is NC(=S)c1cc(Br)ccc1NCCc1ccc(Br)s1. The Hall–Kier alpha value is -0.430. The van der Waals surface area contributed by atoms with Gasteiger partial charge in [0.1, 0.15) is 4.99 Å². The molecule has 3 N–H and O–H groups in total. The van der Waals surface area contributed by atoms with Crippen molar-refractivity contribution in [1.82, 2.24) is 0 Å². The normalized spacial score (nSPS) is 10.4. The highest BCUT2D eigenvalue weighted by molar-refractivity contribution is 9.11. The number of benzene rings is 1. The van der Waals surface area contributed by atoms with Gasteiger partial charge in [0.15, 0.2) is 0 Å². The topological polar surface area (TPSA) is 38.0 Å². The highest BCUT2D eigenvalue weighted by Gasteiger charge is 2.06. The fraction of sp³-hybridized carbons (Fsp3) is 0.154. The number of rotatable bonds is 5. The van der Waals surface area contributed by atoms with Gasteiger partial charge in [-0.05, 0) is 52.7 Å². The van der Waals surface area contributed by atoms with E-state index in [0.717, 1.165) is 32.5 Å². The number of hydrogen-bond acceptors (Lipinski definition) is 3. The summed E-state index contributed by atoms with van der Waals surface area (Å²) in [5.41, 5.74) is 7.59. The molecule has 1 aromatic heterocycles. The van der Waals surface area contributed by atoms with Crippen molar-refractivity contribution in [3.8, 4) is 0 Å². The van der Waals surface area contributed by atoms with Crippen LogP contribution in [-0.2, 0) is 6.42 Å². The fourth-order valence-electron chi connectivity index (χ4n) is 1.68. The molecule has 1 aromatic carbocycles. The highest BCUT2D eigenvalue weighted by Crippen LogP contribution is 2.24. The predicted octanol–water partition coefficient (Wildman–Crippen LogP) is 4.56. The predicted molar refractivity (Wildman–Crippen MR) is 94.2 cm³/mol. The summed E-state index contributed by atoms with van der Waals surface area (Å²) in [4.78, 5) is 1.75. The van der Waals surface area contributed by atoms with Crippen LogP contribution < -0.4 is 11.1 Å². The summed E-state index contributed by atoms with van der Waals surface area (Å²) in [6.07, 6.45) is 0.975. The number of thiophene rings is 1. The van der Waals surface area contributed by atoms with Crippen molar-refractivity contribution in [3.05, 3.63) is 49.0 Å². The van der Waals surface area contributed by atoms with Crippen molar-refractivity contribution in [1.29, 1.82) is 0 Å². The van der Waals surface area contributed by atoms with Gasteiger partial charge in [0, 0.05) is 27.1 Å². The molecule has 6 heteroatoms. The Bertz CT molecular complexity index is 596. The number of anilines is 1. The van der Waals surface area contributed by atoms with Gasteiger partial charge in [-0.1, -0.05) is 28.1 Å². The third-order valence-electron chi connectivity index (χ3n) is 2.56. The zero-order chi connectivity index (χ0) is 13.8. The lowest BCUT2D eigenvalue weighted by Gasteiger charge is -2.11. The molecule has 0 bridgehead atoms. The first kappa shape index (κ1) is 15.0. The van der Waals surface area contributed by atoms with Crippen LogP contribution in [0.1, 0.15) is 10.4 Å². The molecule has 100 valence electrons. The Morgan fingerprint density at radius 1 is 1.26 bits per heavy atom. The number of halogens is 2. The lowest BCUT2D eigenvalue weighted by Crippen LogP contribution is -2.14. The van der Waals surface area contributed by atoms with Gasteiger partial charge in [-0.15, -0.1) is 11.3 Å². The molecule has 0 aliphatic heterocycles. The molecule has 0 saturated heterocycles. The van der Waals surface area contributed by atoms with Crippen molar-refractivity contribution in [2.24, 2.45) is 5.73 Å². The van der Waals surface area contributed by atoms with E-state index in [9.17, 15) is 0 Å². The monoisotopic (exact) mass is 418 g/mol. The summed E-state index contributed by atoms with van der Waals surface area (Å²) in [7, 11) is 0. The van der Waals surface area contributed by atoms with Crippen LogP contribution in [0.4, 0.5) is 5.69 Å².